The van der Waals surface area contributed by atoms with Gasteiger partial charge in [-0.1, -0.05) is 0 Å². The van der Waals surface area contributed by atoms with Gasteiger partial charge in [-0.05, 0) is 38.8 Å². The number of alkyl halides is 3. The molecule has 0 radical (unpaired) electrons. The lowest BCUT2D eigenvalue weighted by molar-refractivity contribution is -0.137. The van der Waals surface area contributed by atoms with Crippen molar-refractivity contribution in [3.05, 3.63) is 36.4 Å². The molecular weight excluding hydrogens is 423 g/mol. The fourth-order valence-corrected chi connectivity index (χ4v) is 3.84. The molecule has 1 saturated heterocycles. The van der Waals surface area contributed by atoms with Gasteiger partial charge in [-0.25, -0.2) is 14.2 Å². The first-order valence-corrected chi connectivity index (χ1v) is 10.4. The van der Waals surface area contributed by atoms with Gasteiger partial charge in [0.1, 0.15) is 11.6 Å². The summed E-state index contributed by atoms with van der Waals surface area (Å²) in [5.41, 5.74) is -1.01. The molecule has 3 heterocycles. The largest absolute Gasteiger partial charge is 0.417 e. The molecule has 12 heteroatoms. The summed E-state index contributed by atoms with van der Waals surface area (Å²) < 4.78 is 62.1. The normalized spacial score (nSPS) is 18.5. The van der Waals surface area contributed by atoms with E-state index in [1.165, 1.54) is 0 Å². The maximum Gasteiger partial charge on any atom is 0.417 e. The Labute approximate surface area is 174 Å². The number of aromatic nitrogens is 3. The first-order chi connectivity index (χ1) is 14.1. The Morgan fingerprint density at radius 3 is 2.60 bits per heavy atom. The standard InChI is InChI=1S/C18H22F3N5O3S/c1-12(2)25-10-16(23-11-25)24-7-3-4-13(9-24)17(27)26(30(28)29)15-6-5-14(8-22-15)18(19,20)21/h5-6,8,10-13H,3-4,7,9H2,1-2H3,(H,28,29)/t13-/m1/s1. The Hall–Kier alpha value is -2.47. The molecule has 1 aliphatic rings. The maximum atomic E-state index is 13.0. The van der Waals surface area contributed by atoms with Gasteiger partial charge in [-0.2, -0.15) is 17.5 Å². The third kappa shape index (κ3) is 4.81. The lowest BCUT2D eigenvalue weighted by Gasteiger charge is -2.33. The van der Waals surface area contributed by atoms with Crippen molar-refractivity contribution in [1.29, 1.82) is 0 Å². The number of halogens is 3. The van der Waals surface area contributed by atoms with Crippen LogP contribution in [0.2, 0.25) is 0 Å². The second kappa shape index (κ2) is 8.72. The Bertz CT molecular complexity index is 917. The minimum Gasteiger partial charge on any atom is -0.355 e. The van der Waals surface area contributed by atoms with Crippen LogP contribution in [0, 0.1) is 5.92 Å². The minimum absolute atomic E-state index is 0.228. The van der Waals surface area contributed by atoms with Crippen molar-refractivity contribution >= 4 is 28.8 Å². The predicted octanol–water partition coefficient (Wildman–Crippen LogP) is 3.26. The first kappa shape index (κ1) is 22.2. The molecule has 2 atom stereocenters. The molecule has 1 unspecified atom stereocenters. The Balaban J connectivity index is 1.78. The van der Waals surface area contributed by atoms with Crippen molar-refractivity contribution in [3.63, 3.8) is 0 Å². The Kier molecular flexibility index (Phi) is 6.46. The number of amides is 1. The van der Waals surface area contributed by atoms with Crippen LogP contribution in [0.15, 0.2) is 30.9 Å². The highest BCUT2D eigenvalue weighted by Crippen LogP contribution is 2.30. The molecule has 0 aliphatic carbocycles. The molecule has 3 rings (SSSR count). The van der Waals surface area contributed by atoms with Gasteiger partial charge in [0.05, 0.1) is 17.8 Å². The summed E-state index contributed by atoms with van der Waals surface area (Å²) in [6.45, 7) is 4.99. The van der Waals surface area contributed by atoms with Gasteiger partial charge >= 0.3 is 6.18 Å². The molecule has 1 aliphatic heterocycles. The smallest absolute Gasteiger partial charge is 0.355 e. The van der Waals surface area contributed by atoms with Gasteiger partial charge in [-0.3, -0.25) is 9.35 Å². The molecule has 1 N–H and O–H groups in total. The maximum absolute atomic E-state index is 13.0. The summed E-state index contributed by atoms with van der Waals surface area (Å²) in [5, 5.41) is 0. The number of hydrogen-bond acceptors (Lipinski definition) is 5. The molecule has 164 valence electrons. The second-order valence-corrected chi connectivity index (χ2v) is 8.15. The van der Waals surface area contributed by atoms with Crippen LogP contribution in [-0.2, 0) is 22.2 Å². The van der Waals surface area contributed by atoms with Gasteiger partial charge in [0.2, 0.25) is 5.91 Å². The van der Waals surface area contributed by atoms with Crippen LogP contribution >= 0.6 is 0 Å². The molecule has 0 bridgehead atoms. The van der Waals surface area contributed by atoms with Crippen LogP contribution in [-0.4, -0.2) is 42.3 Å². The van der Waals surface area contributed by atoms with Crippen molar-refractivity contribution in [3.8, 4) is 0 Å². The van der Waals surface area contributed by atoms with Crippen LogP contribution in [0.5, 0.6) is 0 Å². The molecule has 2 aromatic heterocycles. The molecule has 8 nitrogen and oxygen atoms in total. The molecule has 30 heavy (non-hydrogen) atoms. The van der Waals surface area contributed by atoms with Crippen molar-refractivity contribution in [2.24, 2.45) is 5.92 Å². The van der Waals surface area contributed by atoms with Crippen LogP contribution in [0.1, 0.15) is 38.3 Å². The third-order valence-corrected chi connectivity index (χ3v) is 5.60. The molecule has 0 aromatic carbocycles. The lowest BCUT2D eigenvalue weighted by atomic mass is 9.97. The topological polar surface area (TPSA) is 91.6 Å². The van der Waals surface area contributed by atoms with Gasteiger partial charge in [-0.15, -0.1) is 0 Å². The number of hydrogen-bond donors (Lipinski definition) is 1. The Morgan fingerprint density at radius 2 is 2.07 bits per heavy atom. The first-order valence-electron chi connectivity index (χ1n) is 9.34. The summed E-state index contributed by atoms with van der Waals surface area (Å²) in [6.07, 6.45) is 0.658. The van der Waals surface area contributed by atoms with E-state index < -0.39 is 34.8 Å². The van der Waals surface area contributed by atoms with E-state index in [4.69, 9.17) is 0 Å². The van der Waals surface area contributed by atoms with E-state index in [0.717, 1.165) is 12.1 Å². The monoisotopic (exact) mass is 445 g/mol. The van der Waals surface area contributed by atoms with Crippen LogP contribution in [0.3, 0.4) is 0 Å². The highest BCUT2D eigenvalue weighted by atomic mass is 32.2. The molecule has 2 aromatic rings. The summed E-state index contributed by atoms with van der Waals surface area (Å²) in [4.78, 5) is 22.8. The van der Waals surface area contributed by atoms with Crippen molar-refractivity contribution < 1.29 is 26.7 Å². The number of imidazole rings is 1. The fourth-order valence-electron chi connectivity index (χ4n) is 3.27. The number of carbonyl (C=O) groups excluding carboxylic acids is 1. The average Bonchev–Trinajstić information content (AvgIpc) is 3.18. The zero-order valence-electron chi connectivity index (χ0n) is 16.4. The van der Waals surface area contributed by atoms with Crippen LogP contribution in [0.25, 0.3) is 0 Å². The molecule has 0 saturated carbocycles. The van der Waals surface area contributed by atoms with Crippen LogP contribution < -0.4 is 9.21 Å². The zero-order chi connectivity index (χ0) is 22.1. The van der Waals surface area contributed by atoms with Crippen molar-refractivity contribution in [1.82, 2.24) is 14.5 Å². The van der Waals surface area contributed by atoms with Gasteiger partial charge in [0.25, 0.3) is 11.3 Å². The number of piperidine rings is 1. The van der Waals surface area contributed by atoms with Crippen molar-refractivity contribution in [2.45, 2.75) is 38.9 Å². The SMILES string of the molecule is CC(C)n1cnc(N2CCC[C@@H](C(=O)N(c3ccc(C(F)(F)F)cn3)S(=O)O)C2)c1. The lowest BCUT2D eigenvalue weighted by Crippen LogP contribution is -2.46. The summed E-state index contributed by atoms with van der Waals surface area (Å²) in [6, 6.07) is 1.87. The number of rotatable bonds is 5. The predicted molar refractivity (Wildman–Crippen MR) is 105 cm³/mol. The number of nitrogens with zero attached hydrogens (tertiary/aromatic N) is 5. The minimum atomic E-state index is -4.60. The number of anilines is 2. The zero-order valence-corrected chi connectivity index (χ0v) is 17.2. The summed E-state index contributed by atoms with van der Waals surface area (Å²) in [5.74, 6) is -0.903. The van der Waals surface area contributed by atoms with E-state index in [2.05, 4.69) is 9.97 Å². The second-order valence-electron chi connectivity index (χ2n) is 7.32. The quantitative estimate of drug-likeness (QED) is 0.711. The van der Waals surface area contributed by atoms with Crippen LogP contribution in [0.4, 0.5) is 24.8 Å². The highest BCUT2D eigenvalue weighted by molar-refractivity contribution is 7.81. The number of carbonyl (C=O) groups is 1. The van der Waals surface area contributed by atoms with E-state index in [1.54, 1.807) is 6.33 Å². The van der Waals surface area contributed by atoms with Crippen molar-refractivity contribution in [2.75, 3.05) is 22.3 Å². The average molecular weight is 445 g/mol. The van der Waals surface area contributed by atoms with E-state index in [0.29, 0.717) is 35.7 Å². The molecule has 1 amide bonds. The van der Waals surface area contributed by atoms with Gasteiger partial charge in [0.15, 0.2) is 0 Å². The molecular formula is C18H22F3N5O3S. The highest BCUT2D eigenvalue weighted by Gasteiger charge is 2.35. The molecule has 0 spiro atoms. The van der Waals surface area contributed by atoms with E-state index >= 15 is 0 Å². The Morgan fingerprint density at radius 1 is 1.33 bits per heavy atom. The van der Waals surface area contributed by atoms with E-state index in [9.17, 15) is 26.7 Å². The number of pyridine rings is 1. The van der Waals surface area contributed by atoms with Gasteiger partial charge < -0.3 is 9.47 Å². The summed E-state index contributed by atoms with van der Waals surface area (Å²) >= 11 is -2.77. The van der Waals surface area contributed by atoms with E-state index in [1.807, 2.05) is 29.5 Å². The molecule has 1 fully saturated rings. The summed E-state index contributed by atoms with van der Waals surface area (Å²) in [7, 11) is 0. The third-order valence-electron chi connectivity index (χ3n) is 4.92. The fraction of sp³-hybridized carbons (Fsp3) is 0.500. The van der Waals surface area contributed by atoms with Gasteiger partial charge in [0, 0.05) is 31.5 Å². The van der Waals surface area contributed by atoms with E-state index in [-0.39, 0.29) is 18.4 Å².